The molecule has 0 aliphatic heterocycles. The molecular weight excluding hydrogens is 531 g/mol. The molecule has 1 amide bonds. The third-order valence-corrected chi connectivity index (χ3v) is 6.96. The number of allylic oxidation sites excluding steroid dienone is 4. The Hall–Kier alpha value is -3.91. The molecule has 2 unspecified atom stereocenters. The average molecular weight is 565 g/mol. The Morgan fingerprint density at radius 2 is 1.85 bits per heavy atom. The first-order chi connectivity index (χ1) is 19.2. The third kappa shape index (κ3) is 8.05. The molecule has 0 saturated heterocycles. The summed E-state index contributed by atoms with van der Waals surface area (Å²) in [5, 5.41) is 31.5. The molecule has 3 atom stereocenters. The Kier molecular flexibility index (Phi) is 11.1. The molecule has 0 spiro atoms. The summed E-state index contributed by atoms with van der Waals surface area (Å²) in [5.41, 5.74) is 2.70. The van der Waals surface area contributed by atoms with E-state index in [9.17, 15) is 24.6 Å². The van der Waals surface area contributed by atoms with E-state index in [1.807, 2.05) is 38.1 Å². The highest BCUT2D eigenvalue weighted by Gasteiger charge is 2.24. The van der Waals surface area contributed by atoms with Gasteiger partial charge in [0.2, 0.25) is 0 Å². The lowest BCUT2D eigenvalue weighted by Gasteiger charge is -2.18. The summed E-state index contributed by atoms with van der Waals surface area (Å²) >= 11 is 0. The number of rotatable bonds is 12. The summed E-state index contributed by atoms with van der Waals surface area (Å²) in [6, 6.07) is 12.1. The Bertz CT molecular complexity index is 1430. The molecule has 40 heavy (non-hydrogen) atoms. The topological polar surface area (TPSA) is 146 Å². The second-order valence-corrected chi connectivity index (χ2v) is 10.1. The van der Waals surface area contributed by atoms with Crippen LogP contribution in [0.3, 0.4) is 0 Å². The second-order valence-electron chi connectivity index (χ2n) is 9.11. The van der Waals surface area contributed by atoms with Crippen LogP contribution in [0.5, 0.6) is 5.75 Å². The minimum absolute atomic E-state index is 0.0553. The molecule has 0 saturated carbocycles. The number of aliphatic hydroxyl groups is 2. The van der Waals surface area contributed by atoms with Crippen molar-refractivity contribution in [2.24, 2.45) is 0 Å². The maximum atomic E-state index is 13.3. The van der Waals surface area contributed by atoms with Gasteiger partial charge in [0.1, 0.15) is 24.2 Å². The fourth-order valence-electron chi connectivity index (χ4n) is 3.88. The van der Waals surface area contributed by atoms with Crippen molar-refractivity contribution in [1.29, 1.82) is 0 Å². The van der Waals surface area contributed by atoms with Crippen LogP contribution in [0.4, 0.5) is 0 Å². The molecule has 10 heteroatoms. The number of phenolic OH excluding ortho intramolecular Hbond substituents is 1. The summed E-state index contributed by atoms with van der Waals surface area (Å²) in [6.45, 7) is 4.55. The van der Waals surface area contributed by atoms with E-state index in [-0.39, 0.29) is 37.5 Å². The highest BCUT2D eigenvalue weighted by atomic mass is 31.1. The Morgan fingerprint density at radius 3 is 2.50 bits per heavy atom. The zero-order chi connectivity index (χ0) is 29.2. The number of aromatic hydroxyl groups is 1. The zero-order valence-electron chi connectivity index (χ0n) is 22.5. The zero-order valence-corrected chi connectivity index (χ0v) is 23.5. The van der Waals surface area contributed by atoms with Gasteiger partial charge in [-0.3, -0.25) is 9.59 Å². The lowest BCUT2D eigenvalue weighted by atomic mass is 10.0. The van der Waals surface area contributed by atoms with Crippen LogP contribution in [0.25, 0.3) is 16.5 Å². The van der Waals surface area contributed by atoms with Crippen molar-refractivity contribution in [3.8, 4) is 5.75 Å². The molecule has 0 aliphatic carbocycles. The quantitative estimate of drug-likeness (QED) is 0.148. The van der Waals surface area contributed by atoms with Crippen LogP contribution < -0.4 is 5.32 Å². The lowest BCUT2D eigenvalue weighted by molar-refractivity contribution is -0.112. The molecule has 0 bridgehead atoms. The molecule has 1 aromatic heterocycles. The van der Waals surface area contributed by atoms with Gasteiger partial charge in [-0.2, -0.15) is 0 Å². The molecule has 3 rings (SSSR count). The van der Waals surface area contributed by atoms with Gasteiger partial charge in [0, 0.05) is 11.8 Å². The van der Waals surface area contributed by atoms with Crippen LogP contribution in [-0.2, 0) is 16.0 Å². The maximum Gasteiger partial charge on any atom is 0.338 e. The fraction of sp³-hybridized carbons (Fsp3) is 0.267. The van der Waals surface area contributed by atoms with E-state index in [1.54, 1.807) is 30.9 Å². The third-order valence-electron chi connectivity index (χ3n) is 6.12. The van der Waals surface area contributed by atoms with E-state index in [2.05, 4.69) is 10.3 Å². The molecule has 0 fully saturated rings. The Morgan fingerprint density at radius 1 is 1.12 bits per heavy atom. The summed E-state index contributed by atoms with van der Waals surface area (Å²) in [5.74, 6) is -1.35. The minimum Gasteiger partial charge on any atom is -0.508 e. The normalized spacial score (nSPS) is 13.6. The number of amides is 1. The predicted molar refractivity (Wildman–Crippen MR) is 156 cm³/mol. The van der Waals surface area contributed by atoms with E-state index >= 15 is 0 Å². The maximum absolute atomic E-state index is 13.3. The van der Waals surface area contributed by atoms with E-state index in [4.69, 9.17) is 9.84 Å². The van der Waals surface area contributed by atoms with Crippen LogP contribution in [0, 0.1) is 0 Å². The highest BCUT2D eigenvalue weighted by molar-refractivity contribution is 7.57. The van der Waals surface area contributed by atoms with Crippen molar-refractivity contribution in [2.75, 3.05) is 19.9 Å². The summed E-state index contributed by atoms with van der Waals surface area (Å²) in [7, 11) is -0.0625. The van der Waals surface area contributed by atoms with E-state index in [0.717, 1.165) is 16.7 Å². The average Bonchev–Trinajstić information content (AvgIpc) is 2.97. The van der Waals surface area contributed by atoms with Gasteiger partial charge in [-0.15, -0.1) is 0 Å². The van der Waals surface area contributed by atoms with Crippen molar-refractivity contribution in [3.63, 3.8) is 0 Å². The van der Waals surface area contributed by atoms with Gasteiger partial charge in [0.15, 0.2) is 5.52 Å². The molecular formula is C30H33N2O7P. The first-order valence-electron chi connectivity index (χ1n) is 12.7. The number of nitrogens with zero attached hydrogens (tertiary/aromatic N) is 1. The molecule has 4 N–H and O–H groups in total. The number of carbonyl (C=O) groups is 3. The summed E-state index contributed by atoms with van der Waals surface area (Å²) in [6.07, 6.45) is 4.68. The van der Waals surface area contributed by atoms with Crippen molar-refractivity contribution in [3.05, 3.63) is 89.1 Å². The number of benzene rings is 2. The smallest absolute Gasteiger partial charge is 0.338 e. The summed E-state index contributed by atoms with van der Waals surface area (Å²) < 4.78 is 5.21. The van der Waals surface area contributed by atoms with Crippen LogP contribution in [0.15, 0.2) is 66.8 Å². The number of ether oxygens (including phenoxy) is 1. The largest absolute Gasteiger partial charge is 0.508 e. The van der Waals surface area contributed by atoms with Crippen LogP contribution in [0.1, 0.15) is 45.8 Å². The van der Waals surface area contributed by atoms with Gasteiger partial charge in [-0.05, 0) is 67.5 Å². The number of phenols is 1. The predicted octanol–water partition coefficient (Wildman–Crippen LogP) is 3.61. The number of aromatic nitrogens is 1. The van der Waals surface area contributed by atoms with Crippen LogP contribution >= 0.6 is 8.58 Å². The van der Waals surface area contributed by atoms with Gasteiger partial charge >= 0.3 is 5.97 Å². The molecule has 9 nitrogen and oxygen atoms in total. The van der Waals surface area contributed by atoms with Crippen LogP contribution in [0.2, 0.25) is 0 Å². The molecule has 210 valence electrons. The fourth-order valence-corrected chi connectivity index (χ4v) is 4.40. The van der Waals surface area contributed by atoms with E-state index in [0.29, 0.717) is 10.9 Å². The lowest BCUT2D eigenvalue weighted by Crippen LogP contribution is -2.41. The number of esters is 1. The number of aliphatic hydroxyl groups excluding tert-OH is 2. The van der Waals surface area contributed by atoms with Gasteiger partial charge in [-0.1, -0.05) is 45.0 Å². The highest BCUT2D eigenvalue weighted by Crippen LogP contribution is 2.25. The van der Waals surface area contributed by atoms with Crippen molar-refractivity contribution in [2.45, 2.75) is 32.4 Å². The van der Waals surface area contributed by atoms with Crippen molar-refractivity contribution >= 4 is 42.5 Å². The Balaban J connectivity index is 2.01. The summed E-state index contributed by atoms with van der Waals surface area (Å²) in [4.78, 5) is 43.6. The van der Waals surface area contributed by atoms with Crippen LogP contribution in [-0.4, -0.2) is 69.7 Å². The number of carbonyl (C=O) groups excluding carboxylic acids is 3. The van der Waals surface area contributed by atoms with E-state index < -0.39 is 37.2 Å². The second kappa shape index (κ2) is 14.5. The van der Waals surface area contributed by atoms with Gasteiger partial charge in [-0.25, -0.2) is 9.78 Å². The number of hydrogen-bond donors (Lipinski definition) is 4. The SMILES string of the molecule is C/C=C\C=C(/C)c1ccc2nc(C(=O)N[C@@H](Cc3ccc(O)cc3)C(=O)PC)cc(C(=O)OCC(O)CO)c2c1. The Labute approximate surface area is 234 Å². The minimum atomic E-state index is -1.25. The molecule has 1 heterocycles. The monoisotopic (exact) mass is 564 g/mol. The molecule has 0 aliphatic rings. The number of pyridine rings is 1. The van der Waals surface area contributed by atoms with Gasteiger partial charge < -0.3 is 25.4 Å². The molecule has 3 aromatic rings. The first kappa shape index (κ1) is 30.6. The van der Waals surface area contributed by atoms with E-state index in [1.165, 1.54) is 18.2 Å². The standard InChI is InChI=1S/C30H33N2O7P/c1-4-5-6-18(2)20-9-12-25-23(14-20)24(29(37)39-17-22(35)16-33)15-26(31-25)28(36)32-27(30(38)40-3)13-19-7-10-21(34)11-8-19/h4-12,14-15,22,27,33-35,40H,13,16-17H2,1-3H3,(H,32,36)/b5-4-,18-6+/t22?,27-/m0/s1. The molecule has 0 radical (unpaired) electrons. The molecule has 2 aromatic carbocycles. The number of fused-ring (bicyclic) bond motifs is 1. The first-order valence-corrected chi connectivity index (χ1v) is 14.2. The van der Waals surface area contributed by atoms with Crippen molar-refractivity contribution < 1.29 is 34.4 Å². The number of hydrogen-bond acceptors (Lipinski definition) is 8. The van der Waals surface area contributed by atoms with Gasteiger partial charge in [0.05, 0.1) is 23.7 Å². The number of nitrogens with one attached hydrogen (secondary N) is 1. The van der Waals surface area contributed by atoms with Gasteiger partial charge in [0.25, 0.3) is 5.91 Å². The van der Waals surface area contributed by atoms with Crippen molar-refractivity contribution in [1.82, 2.24) is 10.3 Å².